The summed E-state index contributed by atoms with van der Waals surface area (Å²) >= 11 is 5.82. The lowest BCUT2D eigenvalue weighted by Crippen LogP contribution is -2.10. The highest BCUT2D eigenvalue weighted by Gasteiger charge is 2.01. The Morgan fingerprint density at radius 1 is 1.41 bits per heavy atom. The Morgan fingerprint density at radius 3 is 2.82 bits per heavy atom. The van der Waals surface area contributed by atoms with Gasteiger partial charge in [-0.25, -0.2) is 9.97 Å². The zero-order valence-corrected chi connectivity index (χ0v) is 11.4. The molecule has 17 heavy (non-hydrogen) atoms. The van der Waals surface area contributed by atoms with Gasteiger partial charge < -0.3 is 10.1 Å². The molecule has 0 spiro atoms. The molecule has 1 heterocycles. The zero-order valence-electron chi connectivity index (χ0n) is 10.7. The Hall–Kier alpha value is -0.870. The molecular weight excluding hydrogens is 238 g/mol. The van der Waals surface area contributed by atoms with Crippen molar-refractivity contribution in [3.05, 3.63) is 17.0 Å². The fraction of sp³-hybridized carbons (Fsp3) is 0.667. The molecule has 0 unspecified atom stereocenters. The van der Waals surface area contributed by atoms with Gasteiger partial charge in [0.1, 0.15) is 5.82 Å². The molecule has 0 amide bonds. The van der Waals surface area contributed by atoms with E-state index in [-0.39, 0.29) is 6.10 Å². The number of anilines is 1. The van der Waals surface area contributed by atoms with Gasteiger partial charge in [0.05, 0.1) is 6.10 Å². The first-order chi connectivity index (χ1) is 8.11. The van der Waals surface area contributed by atoms with Crippen molar-refractivity contribution in [2.75, 3.05) is 18.5 Å². The molecule has 1 aromatic rings. The standard InChI is InChI=1S/C12H20ClN3O/c1-4-10-8-11(16-12(13)15-10)14-6-5-7-17-9(2)3/h8-9H,4-7H2,1-3H3,(H,14,15,16). The van der Waals surface area contributed by atoms with Crippen LogP contribution in [-0.4, -0.2) is 29.2 Å². The van der Waals surface area contributed by atoms with Crippen molar-refractivity contribution in [1.82, 2.24) is 9.97 Å². The number of hydrogen-bond acceptors (Lipinski definition) is 4. The van der Waals surface area contributed by atoms with Crippen LogP contribution in [0.15, 0.2) is 6.07 Å². The molecule has 96 valence electrons. The second-order valence-corrected chi connectivity index (χ2v) is 4.41. The highest BCUT2D eigenvalue weighted by Crippen LogP contribution is 2.10. The second-order valence-electron chi connectivity index (χ2n) is 4.07. The van der Waals surface area contributed by atoms with Gasteiger partial charge in [-0.3, -0.25) is 0 Å². The minimum atomic E-state index is 0.287. The molecule has 1 rings (SSSR count). The molecule has 0 saturated heterocycles. The summed E-state index contributed by atoms with van der Waals surface area (Å²) in [6.45, 7) is 7.68. The number of halogens is 1. The van der Waals surface area contributed by atoms with Crippen LogP contribution in [0.3, 0.4) is 0 Å². The second kappa shape index (κ2) is 7.45. The van der Waals surface area contributed by atoms with E-state index in [2.05, 4.69) is 15.3 Å². The Kier molecular flexibility index (Phi) is 6.22. The lowest BCUT2D eigenvalue weighted by molar-refractivity contribution is 0.0787. The summed E-state index contributed by atoms with van der Waals surface area (Å²) in [6, 6.07) is 1.93. The highest BCUT2D eigenvalue weighted by molar-refractivity contribution is 6.28. The van der Waals surface area contributed by atoms with E-state index in [4.69, 9.17) is 16.3 Å². The minimum Gasteiger partial charge on any atom is -0.379 e. The van der Waals surface area contributed by atoms with Gasteiger partial charge in [-0.05, 0) is 38.3 Å². The third kappa shape index (κ3) is 5.84. The monoisotopic (exact) mass is 257 g/mol. The van der Waals surface area contributed by atoms with E-state index in [1.165, 1.54) is 0 Å². The van der Waals surface area contributed by atoms with Crippen LogP contribution in [0.5, 0.6) is 0 Å². The SMILES string of the molecule is CCc1cc(NCCCOC(C)C)nc(Cl)n1. The molecule has 0 aromatic carbocycles. The van der Waals surface area contributed by atoms with E-state index in [1.807, 2.05) is 26.8 Å². The van der Waals surface area contributed by atoms with Gasteiger partial charge in [-0.15, -0.1) is 0 Å². The van der Waals surface area contributed by atoms with Crippen molar-refractivity contribution in [3.8, 4) is 0 Å². The largest absolute Gasteiger partial charge is 0.379 e. The van der Waals surface area contributed by atoms with Gasteiger partial charge in [0.15, 0.2) is 0 Å². The lowest BCUT2D eigenvalue weighted by atomic mass is 10.3. The molecule has 0 fully saturated rings. The topological polar surface area (TPSA) is 47.0 Å². The van der Waals surface area contributed by atoms with Crippen molar-refractivity contribution in [3.63, 3.8) is 0 Å². The van der Waals surface area contributed by atoms with Gasteiger partial charge in [-0.1, -0.05) is 6.92 Å². The Balaban J connectivity index is 2.33. The average molecular weight is 258 g/mol. The summed E-state index contributed by atoms with van der Waals surface area (Å²) in [4.78, 5) is 8.23. The van der Waals surface area contributed by atoms with Crippen LogP contribution in [0.4, 0.5) is 5.82 Å². The van der Waals surface area contributed by atoms with E-state index in [1.54, 1.807) is 0 Å². The van der Waals surface area contributed by atoms with Crippen LogP contribution in [0.2, 0.25) is 5.28 Å². The predicted molar refractivity (Wildman–Crippen MR) is 70.6 cm³/mol. The van der Waals surface area contributed by atoms with E-state index in [0.717, 1.165) is 37.5 Å². The third-order valence-corrected chi connectivity index (χ3v) is 2.36. The molecule has 1 N–H and O–H groups in total. The van der Waals surface area contributed by atoms with Crippen LogP contribution in [-0.2, 0) is 11.2 Å². The van der Waals surface area contributed by atoms with Gasteiger partial charge in [0.25, 0.3) is 0 Å². The predicted octanol–water partition coefficient (Wildman–Crippen LogP) is 2.92. The van der Waals surface area contributed by atoms with Crippen LogP contribution in [0, 0.1) is 0 Å². The van der Waals surface area contributed by atoms with Gasteiger partial charge in [0, 0.05) is 24.9 Å². The van der Waals surface area contributed by atoms with Crippen molar-refractivity contribution in [1.29, 1.82) is 0 Å². The van der Waals surface area contributed by atoms with Gasteiger partial charge >= 0.3 is 0 Å². The van der Waals surface area contributed by atoms with E-state index in [9.17, 15) is 0 Å². The van der Waals surface area contributed by atoms with Crippen LogP contribution < -0.4 is 5.32 Å². The molecule has 0 atom stereocenters. The molecule has 1 aromatic heterocycles. The number of nitrogens with one attached hydrogen (secondary N) is 1. The molecule has 0 bridgehead atoms. The molecule has 0 aliphatic carbocycles. The summed E-state index contributed by atoms with van der Waals surface area (Å²) in [5.41, 5.74) is 0.950. The maximum atomic E-state index is 5.82. The number of hydrogen-bond donors (Lipinski definition) is 1. The van der Waals surface area contributed by atoms with Gasteiger partial charge in [0.2, 0.25) is 5.28 Å². The van der Waals surface area contributed by atoms with Crippen LogP contribution in [0.25, 0.3) is 0 Å². The first-order valence-electron chi connectivity index (χ1n) is 6.00. The number of rotatable bonds is 7. The number of ether oxygens (including phenoxy) is 1. The quantitative estimate of drug-likeness (QED) is 0.603. The summed E-state index contributed by atoms with van der Waals surface area (Å²) in [7, 11) is 0. The van der Waals surface area contributed by atoms with Crippen molar-refractivity contribution in [2.24, 2.45) is 0 Å². The number of nitrogens with zero attached hydrogens (tertiary/aromatic N) is 2. The Labute approximate surface area is 108 Å². The van der Waals surface area contributed by atoms with Crippen LogP contribution in [0.1, 0.15) is 32.9 Å². The zero-order chi connectivity index (χ0) is 12.7. The number of aryl methyl sites for hydroxylation is 1. The average Bonchev–Trinajstić information content (AvgIpc) is 2.27. The van der Waals surface area contributed by atoms with Gasteiger partial charge in [-0.2, -0.15) is 0 Å². The normalized spacial score (nSPS) is 10.9. The molecule has 0 aliphatic heterocycles. The van der Waals surface area contributed by atoms with Crippen molar-refractivity contribution >= 4 is 17.4 Å². The van der Waals surface area contributed by atoms with E-state index < -0.39 is 0 Å². The highest BCUT2D eigenvalue weighted by atomic mass is 35.5. The molecule has 4 nitrogen and oxygen atoms in total. The first-order valence-corrected chi connectivity index (χ1v) is 6.38. The Bertz CT molecular complexity index is 345. The third-order valence-electron chi connectivity index (χ3n) is 2.19. The van der Waals surface area contributed by atoms with Crippen LogP contribution >= 0.6 is 11.6 Å². The summed E-state index contributed by atoms with van der Waals surface area (Å²) < 4.78 is 5.45. The Morgan fingerprint density at radius 2 is 2.18 bits per heavy atom. The lowest BCUT2D eigenvalue weighted by Gasteiger charge is -2.09. The smallest absolute Gasteiger partial charge is 0.224 e. The van der Waals surface area contributed by atoms with Crippen molar-refractivity contribution < 1.29 is 4.74 Å². The fourth-order valence-electron chi connectivity index (χ4n) is 1.34. The minimum absolute atomic E-state index is 0.287. The van der Waals surface area contributed by atoms with E-state index in [0.29, 0.717) is 5.28 Å². The summed E-state index contributed by atoms with van der Waals surface area (Å²) in [5, 5.41) is 3.51. The first kappa shape index (κ1) is 14.2. The summed E-state index contributed by atoms with van der Waals surface area (Å²) in [6.07, 6.45) is 2.09. The fourth-order valence-corrected chi connectivity index (χ4v) is 1.54. The molecule has 5 heteroatoms. The maximum absolute atomic E-state index is 5.82. The van der Waals surface area contributed by atoms with Crippen molar-refractivity contribution in [2.45, 2.75) is 39.7 Å². The maximum Gasteiger partial charge on any atom is 0.224 e. The molecule has 0 aliphatic rings. The molecular formula is C12H20ClN3O. The summed E-state index contributed by atoms with van der Waals surface area (Å²) in [5.74, 6) is 0.784. The molecule has 0 saturated carbocycles. The molecule has 0 radical (unpaired) electrons. The van der Waals surface area contributed by atoms with E-state index >= 15 is 0 Å². The number of aromatic nitrogens is 2.